The molecule has 0 radical (unpaired) electrons. The van der Waals surface area contributed by atoms with Crippen molar-refractivity contribution in [1.29, 1.82) is 0 Å². The average molecular weight is 319 g/mol. The molecule has 2 rings (SSSR count). The number of amides is 2. The number of nitrogens with one attached hydrogen (secondary N) is 2. The van der Waals surface area contributed by atoms with Gasteiger partial charge in [0.25, 0.3) is 0 Å². The minimum Gasteiger partial charge on any atom is -0.408 e. The highest BCUT2D eigenvalue weighted by Crippen LogP contribution is 2.11. The molecular weight excluding hydrogens is 298 g/mol. The third kappa shape index (κ3) is 4.70. The number of fused-ring (bicyclic) bond motifs is 1. The third-order valence-corrected chi connectivity index (χ3v) is 3.10. The van der Waals surface area contributed by atoms with E-state index in [2.05, 4.69) is 10.6 Å². The van der Waals surface area contributed by atoms with Crippen molar-refractivity contribution in [1.82, 2.24) is 15.2 Å². The van der Waals surface area contributed by atoms with Crippen LogP contribution in [-0.2, 0) is 16.1 Å². The predicted octanol–water partition coefficient (Wildman–Crippen LogP) is 1.02. The first-order valence-electron chi connectivity index (χ1n) is 7.42. The van der Waals surface area contributed by atoms with Crippen LogP contribution in [0, 0.1) is 0 Å². The van der Waals surface area contributed by atoms with Crippen molar-refractivity contribution >= 4 is 22.9 Å². The van der Waals surface area contributed by atoms with Crippen LogP contribution in [0.25, 0.3) is 11.1 Å². The summed E-state index contributed by atoms with van der Waals surface area (Å²) in [4.78, 5) is 35.2. The molecule has 7 nitrogen and oxygen atoms in total. The molecule has 0 saturated heterocycles. The van der Waals surface area contributed by atoms with Crippen molar-refractivity contribution in [3.63, 3.8) is 0 Å². The molecule has 0 bridgehead atoms. The van der Waals surface area contributed by atoms with Gasteiger partial charge >= 0.3 is 5.76 Å². The van der Waals surface area contributed by atoms with E-state index in [-0.39, 0.29) is 36.9 Å². The van der Waals surface area contributed by atoms with Crippen molar-refractivity contribution in [3.05, 3.63) is 34.8 Å². The highest BCUT2D eigenvalue weighted by Gasteiger charge is 2.15. The van der Waals surface area contributed by atoms with Crippen LogP contribution in [0.5, 0.6) is 0 Å². The zero-order valence-corrected chi connectivity index (χ0v) is 13.5. The molecule has 1 aromatic carbocycles. The standard InChI is InChI=1S/C16H21N3O4/c1-16(2,3)18-14(21)10-17-13(20)8-9-19-11-6-4-5-7-12(11)23-15(19)22/h4-7H,8-10H2,1-3H3,(H,17,20)(H,18,21). The topological polar surface area (TPSA) is 93.3 Å². The number of aryl methyl sites for hydroxylation is 1. The number of rotatable bonds is 5. The Balaban J connectivity index is 1.88. The first kappa shape index (κ1) is 16.8. The van der Waals surface area contributed by atoms with Crippen LogP contribution >= 0.6 is 0 Å². The normalized spacial score (nSPS) is 11.4. The summed E-state index contributed by atoms with van der Waals surface area (Å²) in [6.07, 6.45) is 0.0895. The van der Waals surface area contributed by atoms with E-state index in [4.69, 9.17) is 4.42 Å². The fourth-order valence-corrected chi connectivity index (χ4v) is 2.17. The molecule has 0 aliphatic carbocycles. The molecule has 7 heteroatoms. The number of aromatic nitrogens is 1. The summed E-state index contributed by atoms with van der Waals surface area (Å²) in [5.41, 5.74) is 0.795. The molecule has 2 N–H and O–H groups in total. The Morgan fingerprint density at radius 1 is 1.17 bits per heavy atom. The van der Waals surface area contributed by atoms with E-state index in [1.54, 1.807) is 24.3 Å². The van der Waals surface area contributed by atoms with Gasteiger partial charge in [-0.15, -0.1) is 0 Å². The highest BCUT2D eigenvalue weighted by molar-refractivity contribution is 5.85. The molecule has 1 heterocycles. The number of carbonyl (C=O) groups excluding carboxylic acids is 2. The number of para-hydroxylation sites is 2. The molecular formula is C16H21N3O4. The van der Waals surface area contributed by atoms with Gasteiger partial charge in [-0.05, 0) is 32.9 Å². The number of benzene rings is 1. The van der Waals surface area contributed by atoms with Gasteiger partial charge < -0.3 is 15.1 Å². The molecule has 0 aliphatic heterocycles. The molecule has 0 fully saturated rings. The molecule has 2 aromatic rings. The largest absolute Gasteiger partial charge is 0.419 e. The monoisotopic (exact) mass is 319 g/mol. The Morgan fingerprint density at radius 3 is 2.57 bits per heavy atom. The molecule has 1 aromatic heterocycles. The highest BCUT2D eigenvalue weighted by atomic mass is 16.4. The summed E-state index contributed by atoms with van der Waals surface area (Å²) < 4.78 is 6.50. The number of carbonyl (C=O) groups is 2. The van der Waals surface area contributed by atoms with E-state index in [0.29, 0.717) is 11.1 Å². The fraction of sp³-hybridized carbons (Fsp3) is 0.438. The zero-order valence-electron chi connectivity index (χ0n) is 13.5. The Hall–Kier alpha value is -2.57. The van der Waals surface area contributed by atoms with Gasteiger partial charge in [-0.1, -0.05) is 12.1 Å². The minimum atomic E-state index is -0.496. The predicted molar refractivity (Wildman–Crippen MR) is 86.0 cm³/mol. The van der Waals surface area contributed by atoms with Gasteiger partial charge in [0, 0.05) is 18.5 Å². The van der Waals surface area contributed by atoms with Crippen LogP contribution in [-0.4, -0.2) is 28.5 Å². The van der Waals surface area contributed by atoms with Crippen LogP contribution in [0.1, 0.15) is 27.2 Å². The van der Waals surface area contributed by atoms with Crippen molar-refractivity contribution < 1.29 is 14.0 Å². The fourth-order valence-electron chi connectivity index (χ4n) is 2.17. The Morgan fingerprint density at radius 2 is 1.87 bits per heavy atom. The molecule has 23 heavy (non-hydrogen) atoms. The lowest BCUT2D eigenvalue weighted by Crippen LogP contribution is -2.45. The maximum absolute atomic E-state index is 11.8. The van der Waals surface area contributed by atoms with Gasteiger partial charge in [0.2, 0.25) is 11.8 Å². The second kappa shape index (κ2) is 6.68. The quantitative estimate of drug-likeness (QED) is 0.860. The summed E-state index contributed by atoms with van der Waals surface area (Å²) in [6, 6.07) is 7.03. The maximum atomic E-state index is 11.8. The molecule has 0 unspecified atom stereocenters. The second-order valence-electron chi connectivity index (χ2n) is 6.31. The average Bonchev–Trinajstić information content (AvgIpc) is 2.76. The van der Waals surface area contributed by atoms with E-state index in [1.165, 1.54) is 4.57 Å². The van der Waals surface area contributed by atoms with Crippen LogP contribution in [0.4, 0.5) is 0 Å². The summed E-state index contributed by atoms with van der Waals surface area (Å²) in [7, 11) is 0. The van der Waals surface area contributed by atoms with Crippen LogP contribution in [0.3, 0.4) is 0 Å². The van der Waals surface area contributed by atoms with Gasteiger partial charge in [-0.25, -0.2) is 4.79 Å². The van der Waals surface area contributed by atoms with E-state index in [9.17, 15) is 14.4 Å². The maximum Gasteiger partial charge on any atom is 0.419 e. The SMILES string of the molecule is CC(C)(C)NC(=O)CNC(=O)CCn1c(=O)oc2ccccc21. The van der Waals surface area contributed by atoms with E-state index in [0.717, 1.165) is 0 Å². The number of hydrogen-bond acceptors (Lipinski definition) is 4. The van der Waals surface area contributed by atoms with E-state index >= 15 is 0 Å². The van der Waals surface area contributed by atoms with Crippen LogP contribution in [0.2, 0.25) is 0 Å². The third-order valence-electron chi connectivity index (χ3n) is 3.10. The molecule has 2 amide bonds. The molecule has 0 spiro atoms. The molecule has 0 saturated carbocycles. The molecule has 0 atom stereocenters. The Bertz CT molecular complexity index is 767. The Labute approximate surface area is 133 Å². The van der Waals surface area contributed by atoms with Crippen molar-refractivity contribution in [3.8, 4) is 0 Å². The summed E-state index contributed by atoms with van der Waals surface area (Å²) >= 11 is 0. The van der Waals surface area contributed by atoms with E-state index < -0.39 is 5.76 Å². The Kier molecular flexibility index (Phi) is 4.88. The first-order valence-corrected chi connectivity index (χ1v) is 7.42. The lowest BCUT2D eigenvalue weighted by Gasteiger charge is -2.20. The summed E-state index contributed by atoms with van der Waals surface area (Å²) in [6.45, 7) is 5.70. The zero-order chi connectivity index (χ0) is 17.0. The number of oxazole rings is 1. The lowest BCUT2D eigenvalue weighted by atomic mass is 10.1. The van der Waals surface area contributed by atoms with E-state index in [1.807, 2.05) is 20.8 Å². The molecule has 124 valence electrons. The lowest BCUT2D eigenvalue weighted by molar-refractivity contribution is -0.127. The van der Waals surface area contributed by atoms with Crippen molar-refractivity contribution in [2.24, 2.45) is 0 Å². The number of hydrogen-bond donors (Lipinski definition) is 2. The van der Waals surface area contributed by atoms with Gasteiger partial charge in [-0.2, -0.15) is 0 Å². The second-order valence-corrected chi connectivity index (χ2v) is 6.31. The van der Waals surface area contributed by atoms with Crippen molar-refractivity contribution in [2.45, 2.75) is 39.3 Å². The van der Waals surface area contributed by atoms with Gasteiger partial charge in [0.05, 0.1) is 12.1 Å². The smallest absolute Gasteiger partial charge is 0.408 e. The minimum absolute atomic E-state index is 0.0862. The first-order chi connectivity index (χ1) is 10.8. The summed E-state index contributed by atoms with van der Waals surface area (Å²) in [5, 5.41) is 5.29. The van der Waals surface area contributed by atoms with Crippen LogP contribution < -0.4 is 16.4 Å². The number of nitrogens with zero attached hydrogens (tertiary/aromatic N) is 1. The molecule has 0 aliphatic rings. The van der Waals surface area contributed by atoms with Crippen LogP contribution in [0.15, 0.2) is 33.5 Å². The van der Waals surface area contributed by atoms with Gasteiger partial charge in [-0.3, -0.25) is 14.2 Å². The van der Waals surface area contributed by atoms with Gasteiger partial charge in [0.15, 0.2) is 5.58 Å². The van der Waals surface area contributed by atoms with Gasteiger partial charge in [0.1, 0.15) is 0 Å². The van der Waals surface area contributed by atoms with Crippen molar-refractivity contribution in [2.75, 3.05) is 6.54 Å². The summed E-state index contributed by atoms with van der Waals surface area (Å²) in [5.74, 6) is -1.05.